The SMILES string of the molecule is CCOCCCn1c(N/N=C/c2cc(Cl)ccc2O)nc2ccccc2c1=O. The molecule has 2 N–H and O–H groups in total. The molecule has 0 aliphatic carbocycles. The van der Waals surface area contributed by atoms with Crippen molar-refractivity contribution in [3.63, 3.8) is 0 Å². The summed E-state index contributed by atoms with van der Waals surface area (Å²) in [6, 6.07) is 11.8. The third-order valence-corrected chi connectivity index (χ3v) is 4.33. The molecular weight excluding hydrogens is 380 g/mol. The number of rotatable bonds is 8. The van der Waals surface area contributed by atoms with Gasteiger partial charge in [0.15, 0.2) is 0 Å². The lowest BCUT2D eigenvalue weighted by Gasteiger charge is -2.12. The number of para-hydroxylation sites is 1. The summed E-state index contributed by atoms with van der Waals surface area (Å²) in [7, 11) is 0. The van der Waals surface area contributed by atoms with Crippen molar-refractivity contribution < 1.29 is 9.84 Å². The highest BCUT2D eigenvalue weighted by atomic mass is 35.5. The summed E-state index contributed by atoms with van der Waals surface area (Å²) in [6.45, 7) is 3.55. The van der Waals surface area contributed by atoms with Gasteiger partial charge in [-0.2, -0.15) is 5.10 Å². The topological polar surface area (TPSA) is 88.7 Å². The molecule has 0 radical (unpaired) electrons. The van der Waals surface area contributed by atoms with Gasteiger partial charge in [-0.1, -0.05) is 23.7 Å². The summed E-state index contributed by atoms with van der Waals surface area (Å²) in [5.41, 5.74) is 3.69. The van der Waals surface area contributed by atoms with E-state index in [0.717, 1.165) is 0 Å². The van der Waals surface area contributed by atoms with Crippen molar-refractivity contribution in [1.29, 1.82) is 0 Å². The molecule has 0 bridgehead atoms. The predicted molar refractivity (Wildman–Crippen MR) is 111 cm³/mol. The lowest BCUT2D eigenvalue weighted by atomic mass is 10.2. The third kappa shape index (κ3) is 4.68. The molecule has 1 heterocycles. The molecule has 0 fully saturated rings. The first-order chi connectivity index (χ1) is 13.6. The van der Waals surface area contributed by atoms with Crippen LogP contribution in [0.2, 0.25) is 5.02 Å². The first-order valence-electron chi connectivity index (χ1n) is 8.95. The number of fused-ring (bicyclic) bond motifs is 1. The molecule has 0 aliphatic heterocycles. The van der Waals surface area contributed by atoms with E-state index in [1.54, 1.807) is 24.3 Å². The van der Waals surface area contributed by atoms with Crippen molar-refractivity contribution in [2.45, 2.75) is 19.9 Å². The normalized spacial score (nSPS) is 11.4. The Kier molecular flexibility index (Phi) is 6.62. The zero-order valence-electron chi connectivity index (χ0n) is 15.4. The zero-order chi connectivity index (χ0) is 19.9. The van der Waals surface area contributed by atoms with Gasteiger partial charge in [0.1, 0.15) is 5.75 Å². The van der Waals surface area contributed by atoms with Crippen LogP contribution in [0, 0.1) is 0 Å². The highest BCUT2D eigenvalue weighted by molar-refractivity contribution is 6.30. The lowest BCUT2D eigenvalue weighted by molar-refractivity contribution is 0.141. The van der Waals surface area contributed by atoms with Crippen molar-refractivity contribution in [2.75, 3.05) is 18.6 Å². The highest BCUT2D eigenvalue weighted by Crippen LogP contribution is 2.19. The Morgan fingerprint density at radius 1 is 1.32 bits per heavy atom. The molecule has 28 heavy (non-hydrogen) atoms. The number of nitrogens with one attached hydrogen (secondary N) is 1. The van der Waals surface area contributed by atoms with E-state index in [-0.39, 0.29) is 11.3 Å². The molecule has 1 aromatic heterocycles. The monoisotopic (exact) mass is 400 g/mol. The van der Waals surface area contributed by atoms with Gasteiger partial charge in [-0.05, 0) is 43.7 Å². The largest absolute Gasteiger partial charge is 0.507 e. The third-order valence-electron chi connectivity index (χ3n) is 4.09. The second kappa shape index (κ2) is 9.34. The molecule has 0 atom stereocenters. The molecule has 0 amide bonds. The fourth-order valence-corrected chi connectivity index (χ4v) is 2.90. The predicted octanol–water partition coefficient (Wildman–Crippen LogP) is 3.63. The summed E-state index contributed by atoms with van der Waals surface area (Å²) >= 11 is 5.94. The number of aromatic hydroxyl groups is 1. The van der Waals surface area contributed by atoms with Crippen LogP contribution in [-0.2, 0) is 11.3 Å². The summed E-state index contributed by atoms with van der Waals surface area (Å²) in [5.74, 6) is 0.369. The molecule has 146 valence electrons. The van der Waals surface area contributed by atoms with Crippen molar-refractivity contribution in [3.8, 4) is 5.75 Å². The number of benzene rings is 2. The molecule has 3 aromatic rings. The zero-order valence-corrected chi connectivity index (χ0v) is 16.2. The quantitative estimate of drug-likeness (QED) is 0.342. The minimum Gasteiger partial charge on any atom is -0.507 e. The summed E-state index contributed by atoms with van der Waals surface area (Å²) in [4.78, 5) is 17.4. The maximum atomic E-state index is 12.9. The van der Waals surface area contributed by atoms with E-state index >= 15 is 0 Å². The van der Waals surface area contributed by atoms with Crippen LogP contribution in [0.3, 0.4) is 0 Å². The maximum Gasteiger partial charge on any atom is 0.262 e. The molecule has 8 heteroatoms. The first kappa shape index (κ1) is 19.9. The van der Waals surface area contributed by atoms with Crippen LogP contribution < -0.4 is 11.0 Å². The molecule has 0 saturated carbocycles. The van der Waals surface area contributed by atoms with Crippen molar-refractivity contribution >= 4 is 34.7 Å². The summed E-state index contributed by atoms with van der Waals surface area (Å²) in [5, 5.41) is 15.0. The van der Waals surface area contributed by atoms with Crippen LogP contribution in [0.4, 0.5) is 5.95 Å². The average Bonchev–Trinajstić information content (AvgIpc) is 2.69. The summed E-state index contributed by atoms with van der Waals surface area (Å²) < 4.78 is 6.90. The number of phenols is 1. The summed E-state index contributed by atoms with van der Waals surface area (Å²) in [6.07, 6.45) is 2.09. The number of hydrazone groups is 1. The first-order valence-corrected chi connectivity index (χ1v) is 9.33. The van der Waals surface area contributed by atoms with Crippen LogP contribution in [0.5, 0.6) is 5.75 Å². The van der Waals surface area contributed by atoms with Gasteiger partial charge in [-0.25, -0.2) is 10.4 Å². The van der Waals surface area contributed by atoms with E-state index in [1.807, 2.05) is 19.1 Å². The molecule has 0 unspecified atom stereocenters. The smallest absolute Gasteiger partial charge is 0.262 e. The van der Waals surface area contributed by atoms with Gasteiger partial charge in [-0.3, -0.25) is 9.36 Å². The number of ether oxygens (including phenoxy) is 1. The Hall–Kier alpha value is -2.90. The van der Waals surface area contributed by atoms with Crippen LogP contribution in [0.1, 0.15) is 18.9 Å². The standard InChI is InChI=1S/C20H21ClN4O3/c1-2-28-11-5-10-25-19(27)16-6-3-4-7-17(16)23-20(25)24-22-13-14-12-15(21)8-9-18(14)26/h3-4,6-9,12-13,26H,2,5,10-11H2,1H3,(H,23,24)/b22-13+. The Morgan fingerprint density at radius 2 is 2.14 bits per heavy atom. The number of hydrogen-bond donors (Lipinski definition) is 2. The van der Waals surface area contributed by atoms with Crippen molar-refractivity contribution in [2.24, 2.45) is 5.10 Å². The number of phenolic OH excluding ortho intramolecular Hbond substituents is 1. The average molecular weight is 401 g/mol. The number of nitrogens with zero attached hydrogens (tertiary/aromatic N) is 3. The van der Waals surface area contributed by atoms with E-state index in [4.69, 9.17) is 16.3 Å². The van der Waals surface area contributed by atoms with Gasteiger partial charge in [0.25, 0.3) is 5.56 Å². The van der Waals surface area contributed by atoms with E-state index in [2.05, 4.69) is 15.5 Å². The Morgan fingerprint density at radius 3 is 2.96 bits per heavy atom. The maximum absolute atomic E-state index is 12.9. The van der Waals surface area contributed by atoms with Gasteiger partial charge in [0.05, 0.1) is 17.1 Å². The van der Waals surface area contributed by atoms with Gasteiger partial charge < -0.3 is 9.84 Å². The fraction of sp³-hybridized carbons (Fsp3) is 0.250. The molecule has 0 spiro atoms. The van der Waals surface area contributed by atoms with Crippen LogP contribution >= 0.6 is 11.6 Å². The number of halogens is 1. The highest BCUT2D eigenvalue weighted by Gasteiger charge is 2.10. The van der Waals surface area contributed by atoms with Gasteiger partial charge in [0.2, 0.25) is 5.95 Å². The van der Waals surface area contributed by atoms with E-state index in [0.29, 0.717) is 53.6 Å². The van der Waals surface area contributed by atoms with Crippen LogP contribution in [0.25, 0.3) is 10.9 Å². The lowest BCUT2D eigenvalue weighted by Crippen LogP contribution is -2.25. The molecule has 0 aliphatic rings. The van der Waals surface area contributed by atoms with Crippen LogP contribution in [0.15, 0.2) is 52.4 Å². The molecular formula is C20H21ClN4O3. The van der Waals surface area contributed by atoms with Gasteiger partial charge in [0, 0.05) is 30.3 Å². The number of hydrogen-bond acceptors (Lipinski definition) is 6. The Balaban J connectivity index is 1.90. The molecule has 7 nitrogen and oxygen atoms in total. The van der Waals surface area contributed by atoms with Gasteiger partial charge in [-0.15, -0.1) is 0 Å². The number of anilines is 1. The number of aromatic nitrogens is 2. The second-order valence-electron chi connectivity index (χ2n) is 6.03. The van der Waals surface area contributed by atoms with Crippen molar-refractivity contribution in [3.05, 3.63) is 63.4 Å². The molecule has 2 aromatic carbocycles. The molecule has 0 saturated heterocycles. The van der Waals surface area contributed by atoms with E-state index in [1.165, 1.54) is 16.8 Å². The molecule has 3 rings (SSSR count). The minimum atomic E-state index is -0.148. The Bertz CT molecular complexity index is 1050. The van der Waals surface area contributed by atoms with Crippen molar-refractivity contribution in [1.82, 2.24) is 9.55 Å². The Labute approximate surface area is 167 Å². The van der Waals surface area contributed by atoms with E-state index in [9.17, 15) is 9.90 Å². The fourth-order valence-electron chi connectivity index (χ4n) is 2.72. The minimum absolute atomic E-state index is 0.0514. The van der Waals surface area contributed by atoms with Crippen LogP contribution in [-0.4, -0.2) is 34.1 Å². The van der Waals surface area contributed by atoms with E-state index < -0.39 is 0 Å². The second-order valence-corrected chi connectivity index (χ2v) is 6.47. The van der Waals surface area contributed by atoms with Gasteiger partial charge >= 0.3 is 0 Å².